The van der Waals surface area contributed by atoms with E-state index in [2.05, 4.69) is 32.0 Å². The molecule has 2 aromatic rings. The minimum Gasteiger partial charge on any atom is -0.337 e. The molecule has 148 valence electrons. The van der Waals surface area contributed by atoms with Crippen LogP contribution >= 0.6 is 0 Å². The first-order valence-corrected chi connectivity index (χ1v) is 10.0. The third kappa shape index (κ3) is 3.98. The molecule has 1 aliphatic heterocycles. The second kappa shape index (κ2) is 7.97. The number of nitrogens with zero attached hydrogens (tertiary/aromatic N) is 4. The fourth-order valence-electron chi connectivity index (χ4n) is 2.77. The third-order valence-electron chi connectivity index (χ3n) is 4.30. The van der Waals surface area contributed by atoms with E-state index in [0.29, 0.717) is 23.5 Å². The molecule has 0 spiro atoms. The number of aromatic nitrogens is 2. The van der Waals surface area contributed by atoms with E-state index >= 15 is 0 Å². The van der Waals surface area contributed by atoms with Crippen LogP contribution in [0.5, 0.6) is 0 Å². The molecule has 3 rings (SSSR count). The summed E-state index contributed by atoms with van der Waals surface area (Å²) in [6.07, 6.45) is 5.44. The number of rotatable bonds is 6. The van der Waals surface area contributed by atoms with E-state index < -0.39 is 10.0 Å². The topological polar surface area (TPSA) is 104 Å². The van der Waals surface area contributed by atoms with Gasteiger partial charge in [-0.2, -0.15) is 0 Å². The van der Waals surface area contributed by atoms with Crippen LogP contribution in [0, 0.1) is 0 Å². The van der Waals surface area contributed by atoms with Crippen LogP contribution in [0.15, 0.2) is 64.9 Å². The maximum absolute atomic E-state index is 11.9. The summed E-state index contributed by atoms with van der Waals surface area (Å²) in [6, 6.07) is 6.40. The van der Waals surface area contributed by atoms with E-state index in [1.54, 1.807) is 31.6 Å². The standard InChI is InChI=1S/C18H23N7O2S/c1-13(14-11-22-24(4)12-14)25-10-9-21-17(18(25)19-2)23-15-5-7-16(8-6-15)28(26,27)20-3/h5-10,12,20,22H,1,11H2,2-4H3,(H,21,23)/b19-18-. The van der Waals surface area contributed by atoms with Crippen molar-refractivity contribution < 1.29 is 8.42 Å². The summed E-state index contributed by atoms with van der Waals surface area (Å²) in [5.41, 5.74) is 6.31. The van der Waals surface area contributed by atoms with Gasteiger partial charge in [-0.25, -0.2) is 23.5 Å². The van der Waals surface area contributed by atoms with Crippen LogP contribution in [0.25, 0.3) is 5.70 Å². The predicted molar refractivity (Wildman–Crippen MR) is 109 cm³/mol. The Morgan fingerprint density at radius 1 is 1.32 bits per heavy atom. The summed E-state index contributed by atoms with van der Waals surface area (Å²) in [5, 5.41) is 5.07. The number of hydrogen-bond acceptors (Lipinski definition) is 7. The van der Waals surface area contributed by atoms with Crippen LogP contribution in [0.3, 0.4) is 0 Å². The Morgan fingerprint density at radius 2 is 2.04 bits per heavy atom. The first-order chi connectivity index (χ1) is 13.4. The Kier molecular flexibility index (Phi) is 5.63. The first kappa shape index (κ1) is 19.8. The highest BCUT2D eigenvalue weighted by Gasteiger charge is 2.15. The van der Waals surface area contributed by atoms with Gasteiger partial charge in [0.2, 0.25) is 10.0 Å². The lowest BCUT2D eigenvalue weighted by atomic mass is 10.2. The van der Waals surface area contributed by atoms with Crippen molar-refractivity contribution in [2.45, 2.75) is 4.90 Å². The number of nitrogens with one attached hydrogen (secondary N) is 3. The molecule has 1 aromatic carbocycles. The van der Waals surface area contributed by atoms with Crippen LogP contribution in [0.4, 0.5) is 11.5 Å². The first-order valence-electron chi connectivity index (χ1n) is 8.53. The van der Waals surface area contributed by atoms with Crippen molar-refractivity contribution >= 4 is 27.2 Å². The number of benzene rings is 1. The van der Waals surface area contributed by atoms with Gasteiger partial charge < -0.3 is 10.3 Å². The molecular weight excluding hydrogens is 378 g/mol. The van der Waals surface area contributed by atoms with Gasteiger partial charge in [-0.1, -0.05) is 6.58 Å². The fraction of sp³-hybridized carbons (Fsp3) is 0.222. The van der Waals surface area contributed by atoms with Crippen LogP contribution in [0.2, 0.25) is 0 Å². The van der Waals surface area contributed by atoms with E-state index in [4.69, 9.17) is 0 Å². The Morgan fingerprint density at radius 3 is 2.61 bits per heavy atom. The monoisotopic (exact) mass is 401 g/mol. The second-order valence-electron chi connectivity index (χ2n) is 6.10. The summed E-state index contributed by atoms with van der Waals surface area (Å²) in [7, 11) is 1.51. The second-order valence-corrected chi connectivity index (χ2v) is 7.98. The number of sulfonamides is 1. The number of hydrogen-bond donors (Lipinski definition) is 3. The van der Waals surface area contributed by atoms with Crippen molar-refractivity contribution in [2.24, 2.45) is 4.99 Å². The highest BCUT2D eigenvalue weighted by atomic mass is 32.2. The fourth-order valence-corrected chi connectivity index (χ4v) is 3.50. The molecule has 28 heavy (non-hydrogen) atoms. The quantitative estimate of drug-likeness (QED) is 0.664. The number of anilines is 2. The molecule has 0 amide bonds. The highest BCUT2D eigenvalue weighted by molar-refractivity contribution is 7.89. The molecule has 0 atom stereocenters. The lowest BCUT2D eigenvalue weighted by Crippen LogP contribution is -2.26. The largest absolute Gasteiger partial charge is 0.337 e. The summed E-state index contributed by atoms with van der Waals surface area (Å²) in [4.78, 5) is 8.92. The minimum absolute atomic E-state index is 0.190. The average molecular weight is 401 g/mol. The Balaban J connectivity index is 1.92. The van der Waals surface area contributed by atoms with Crippen LogP contribution in [-0.4, -0.2) is 50.7 Å². The van der Waals surface area contributed by atoms with Crippen molar-refractivity contribution in [2.75, 3.05) is 33.0 Å². The number of hydrazine groups is 1. The molecular formula is C18H23N7O2S. The van der Waals surface area contributed by atoms with E-state index in [1.165, 1.54) is 19.2 Å². The van der Waals surface area contributed by atoms with Gasteiger partial charge in [-0.05, 0) is 31.3 Å². The van der Waals surface area contributed by atoms with E-state index in [9.17, 15) is 8.42 Å². The third-order valence-corrected chi connectivity index (χ3v) is 5.73. The van der Waals surface area contributed by atoms with Crippen molar-refractivity contribution in [1.82, 2.24) is 24.7 Å². The molecule has 0 unspecified atom stereocenters. The molecule has 0 aliphatic carbocycles. The van der Waals surface area contributed by atoms with Gasteiger partial charge in [0.1, 0.15) is 0 Å². The highest BCUT2D eigenvalue weighted by Crippen LogP contribution is 2.18. The zero-order chi connectivity index (χ0) is 20.3. The minimum atomic E-state index is -3.48. The van der Waals surface area contributed by atoms with Crippen LogP contribution in [0.1, 0.15) is 0 Å². The summed E-state index contributed by atoms with van der Waals surface area (Å²) in [6.45, 7) is 4.86. The molecule has 3 N–H and O–H groups in total. The zero-order valence-electron chi connectivity index (χ0n) is 16.0. The van der Waals surface area contributed by atoms with E-state index in [-0.39, 0.29) is 4.90 Å². The molecule has 0 bridgehead atoms. The zero-order valence-corrected chi connectivity index (χ0v) is 16.8. The molecule has 1 aliphatic rings. The van der Waals surface area contributed by atoms with E-state index in [0.717, 1.165) is 11.3 Å². The molecule has 0 fully saturated rings. The molecule has 0 saturated heterocycles. The Hall–Kier alpha value is -2.95. The van der Waals surface area contributed by atoms with Crippen molar-refractivity contribution in [3.63, 3.8) is 0 Å². The van der Waals surface area contributed by atoms with Gasteiger partial charge in [0.15, 0.2) is 11.3 Å². The van der Waals surface area contributed by atoms with Gasteiger partial charge in [-0.15, -0.1) is 0 Å². The molecule has 1 aromatic heterocycles. The van der Waals surface area contributed by atoms with Crippen molar-refractivity contribution in [3.8, 4) is 0 Å². The van der Waals surface area contributed by atoms with Crippen LogP contribution in [-0.2, 0) is 10.0 Å². The van der Waals surface area contributed by atoms with Gasteiger partial charge in [0.25, 0.3) is 0 Å². The predicted octanol–water partition coefficient (Wildman–Crippen LogP) is 0.870. The Bertz CT molecular complexity index is 1090. The summed E-state index contributed by atoms with van der Waals surface area (Å²) >= 11 is 0. The normalized spacial score (nSPS) is 14.9. The van der Waals surface area contributed by atoms with Gasteiger partial charge >= 0.3 is 0 Å². The lowest BCUT2D eigenvalue weighted by Gasteiger charge is -2.14. The average Bonchev–Trinajstić information content (AvgIpc) is 3.14. The SMILES string of the molecule is C=C(C1=CN(C)NC1)n1ccnc(Nc2ccc(S(=O)(=O)NC)cc2)/c1=N/C. The van der Waals surface area contributed by atoms with Gasteiger partial charge in [0, 0.05) is 56.2 Å². The molecule has 10 heteroatoms. The van der Waals surface area contributed by atoms with Crippen molar-refractivity contribution in [3.05, 3.63) is 60.5 Å². The summed E-state index contributed by atoms with van der Waals surface area (Å²) < 4.78 is 27.9. The smallest absolute Gasteiger partial charge is 0.240 e. The maximum atomic E-state index is 11.9. The molecule has 0 saturated carbocycles. The molecule has 2 heterocycles. The van der Waals surface area contributed by atoms with E-state index in [1.807, 2.05) is 22.8 Å². The summed E-state index contributed by atoms with van der Waals surface area (Å²) in [5.74, 6) is 0.537. The molecule has 0 radical (unpaired) electrons. The van der Waals surface area contributed by atoms with Crippen LogP contribution < -0.4 is 21.0 Å². The van der Waals surface area contributed by atoms with Gasteiger partial charge in [-0.3, -0.25) is 9.56 Å². The lowest BCUT2D eigenvalue weighted by molar-refractivity contribution is 0.374. The Labute approximate surface area is 164 Å². The van der Waals surface area contributed by atoms with Gasteiger partial charge in [0.05, 0.1) is 4.90 Å². The maximum Gasteiger partial charge on any atom is 0.240 e. The molecule has 9 nitrogen and oxygen atoms in total. The van der Waals surface area contributed by atoms with Crippen molar-refractivity contribution in [1.29, 1.82) is 0 Å².